The number of rotatable bonds is 5. The van der Waals surface area contributed by atoms with E-state index >= 15 is 0 Å². The largest absolute Gasteiger partial charge is 0.487 e. The highest BCUT2D eigenvalue weighted by atomic mass is 16.5. The Hall–Kier alpha value is -1.81. The van der Waals surface area contributed by atoms with Crippen LogP contribution >= 0.6 is 0 Å². The molecular formula is C13H16N2O2. The lowest BCUT2D eigenvalue weighted by Gasteiger charge is -2.11. The van der Waals surface area contributed by atoms with Crippen LogP contribution in [0, 0.1) is 0 Å². The predicted octanol–water partition coefficient (Wildman–Crippen LogP) is 2.02. The number of aromatic nitrogens is 2. The van der Waals surface area contributed by atoms with Crippen molar-refractivity contribution in [1.29, 1.82) is 0 Å². The van der Waals surface area contributed by atoms with Crippen LogP contribution in [0.1, 0.15) is 18.6 Å². The molecule has 17 heavy (non-hydrogen) atoms. The quantitative estimate of drug-likeness (QED) is 0.857. The Labute approximate surface area is 100 Å². The van der Waals surface area contributed by atoms with Gasteiger partial charge in [0.05, 0.1) is 12.4 Å². The molecule has 4 heteroatoms. The molecule has 1 aromatic heterocycles. The van der Waals surface area contributed by atoms with Crippen LogP contribution in [0.2, 0.25) is 0 Å². The first-order chi connectivity index (χ1) is 8.29. The minimum absolute atomic E-state index is 0.236. The van der Waals surface area contributed by atoms with E-state index in [0.717, 1.165) is 12.1 Å². The highest BCUT2D eigenvalue weighted by Gasteiger charge is 2.08. The monoisotopic (exact) mass is 232 g/mol. The fourth-order valence-corrected chi connectivity index (χ4v) is 1.54. The molecule has 1 N–H and O–H groups in total. The zero-order chi connectivity index (χ0) is 12.1. The Bertz CT molecular complexity index is 453. The average molecular weight is 232 g/mol. The second kappa shape index (κ2) is 5.50. The first kappa shape index (κ1) is 11.7. The Balaban J connectivity index is 1.90. The summed E-state index contributed by atoms with van der Waals surface area (Å²) in [4.78, 5) is 0. The van der Waals surface area contributed by atoms with E-state index in [1.165, 1.54) is 0 Å². The van der Waals surface area contributed by atoms with Gasteiger partial charge in [0.15, 0.2) is 5.75 Å². The van der Waals surface area contributed by atoms with Gasteiger partial charge in [-0.3, -0.25) is 4.68 Å². The van der Waals surface area contributed by atoms with Gasteiger partial charge >= 0.3 is 0 Å². The number of ether oxygens (including phenoxy) is 1. The first-order valence-electron chi connectivity index (χ1n) is 5.68. The summed E-state index contributed by atoms with van der Waals surface area (Å²) in [6.07, 6.45) is 2.86. The summed E-state index contributed by atoms with van der Waals surface area (Å²) in [6.45, 7) is 3.06. The van der Waals surface area contributed by atoms with Crippen LogP contribution in [-0.4, -0.2) is 21.5 Å². The summed E-state index contributed by atoms with van der Waals surface area (Å²) in [5, 5.41) is 14.0. The van der Waals surface area contributed by atoms with Crippen molar-refractivity contribution in [2.45, 2.75) is 19.6 Å². The number of benzene rings is 1. The number of aliphatic hydroxyl groups is 1. The summed E-state index contributed by atoms with van der Waals surface area (Å²) in [5.74, 6) is 0.682. The van der Waals surface area contributed by atoms with Gasteiger partial charge in [0.1, 0.15) is 12.7 Å². The van der Waals surface area contributed by atoms with Gasteiger partial charge < -0.3 is 9.84 Å². The average Bonchev–Trinajstić information content (AvgIpc) is 2.85. The summed E-state index contributed by atoms with van der Waals surface area (Å²) >= 11 is 0. The molecule has 0 radical (unpaired) electrons. The zero-order valence-electron chi connectivity index (χ0n) is 9.78. The molecule has 4 nitrogen and oxygen atoms in total. The van der Waals surface area contributed by atoms with E-state index in [9.17, 15) is 5.11 Å². The van der Waals surface area contributed by atoms with Crippen molar-refractivity contribution in [1.82, 2.24) is 9.78 Å². The van der Waals surface area contributed by atoms with Crippen molar-refractivity contribution >= 4 is 0 Å². The molecule has 1 heterocycles. The Kier molecular flexibility index (Phi) is 3.77. The molecule has 0 aliphatic heterocycles. The first-order valence-corrected chi connectivity index (χ1v) is 5.68. The molecule has 1 aromatic carbocycles. The maximum Gasteiger partial charge on any atom is 0.157 e. The van der Waals surface area contributed by atoms with Crippen molar-refractivity contribution in [2.75, 3.05) is 6.61 Å². The fraction of sp³-hybridized carbons (Fsp3) is 0.308. The van der Waals surface area contributed by atoms with Crippen LogP contribution in [0.25, 0.3) is 0 Å². The molecule has 0 spiro atoms. The van der Waals surface area contributed by atoms with E-state index in [-0.39, 0.29) is 6.61 Å². The van der Waals surface area contributed by atoms with E-state index in [0.29, 0.717) is 5.75 Å². The smallest absolute Gasteiger partial charge is 0.157 e. The molecule has 0 aliphatic rings. The third-order valence-electron chi connectivity index (χ3n) is 2.53. The van der Waals surface area contributed by atoms with E-state index in [1.807, 2.05) is 43.5 Å². The standard InChI is InChI=1S/C13H16N2O2/c1-2-15-9-12(8-14-15)17-10-13(16)11-6-4-3-5-7-11/h3-9,13,16H,2,10H2,1H3. The Morgan fingerprint density at radius 1 is 1.35 bits per heavy atom. The van der Waals surface area contributed by atoms with Crippen LogP contribution in [0.3, 0.4) is 0 Å². The number of nitrogens with zero attached hydrogens (tertiary/aromatic N) is 2. The number of hydrogen-bond acceptors (Lipinski definition) is 3. The van der Waals surface area contributed by atoms with Gasteiger partial charge in [-0.05, 0) is 12.5 Å². The van der Waals surface area contributed by atoms with Crippen molar-refractivity contribution < 1.29 is 9.84 Å². The number of aryl methyl sites for hydroxylation is 1. The fourth-order valence-electron chi connectivity index (χ4n) is 1.54. The minimum atomic E-state index is -0.610. The predicted molar refractivity (Wildman–Crippen MR) is 64.8 cm³/mol. The molecule has 0 fully saturated rings. The minimum Gasteiger partial charge on any atom is -0.487 e. The lowest BCUT2D eigenvalue weighted by molar-refractivity contribution is 0.108. The molecular weight excluding hydrogens is 216 g/mol. The van der Waals surface area contributed by atoms with E-state index < -0.39 is 6.10 Å². The topological polar surface area (TPSA) is 47.3 Å². The normalized spacial score (nSPS) is 12.4. The van der Waals surface area contributed by atoms with Crippen molar-refractivity contribution in [3.8, 4) is 5.75 Å². The molecule has 1 unspecified atom stereocenters. The molecule has 0 amide bonds. The van der Waals surface area contributed by atoms with Gasteiger partial charge in [-0.1, -0.05) is 30.3 Å². The Morgan fingerprint density at radius 3 is 2.76 bits per heavy atom. The number of hydrogen-bond donors (Lipinski definition) is 1. The van der Waals surface area contributed by atoms with Crippen LogP contribution in [0.4, 0.5) is 0 Å². The van der Waals surface area contributed by atoms with E-state index in [1.54, 1.807) is 10.9 Å². The van der Waals surface area contributed by atoms with Crippen LogP contribution in [0.15, 0.2) is 42.7 Å². The molecule has 0 saturated heterocycles. The second-order valence-electron chi connectivity index (χ2n) is 3.77. The SMILES string of the molecule is CCn1cc(OCC(O)c2ccccc2)cn1. The van der Waals surface area contributed by atoms with Gasteiger partial charge in [0.25, 0.3) is 0 Å². The second-order valence-corrected chi connectivity index (χ2v) is 3.77. The lowest BCUT2D eigenvalue weighted by Crippen LogP contribution is -2.09. The molecule has 2 rings (SSSR count). The summed E-state index contributed by atoms with van der Waals surface area (Å²) < 4.78 is 7.25. The van der Waals surface area contributed by atoms with Crippen molar-refractivity contribution in [2.24, 2.45) is 0 Å². The van der Waals surface area contributed by atoms with Crippen LogP contribution in [0.5, 0.6) is 5.75 Å². The molecule has 0 aliphatic carbocycles. The van der Waals surface area contributed by atoms with E-state index in [2.05, 4.69) is 5.10 Å². The van der Waals surface area contributed by atoms with Crippen LogP contribution < -0.4 is 4.74 Å². The van der Waals surface area contributed by atoms with Gasteiger partial charge in [-0.15, -0.1) is 0 Å². The molecule has 1 atom stereocenters. The Morgan fingerprint density at radius 2 is 2.12 bits per heavy atom. The molecule has 2 aromatic rings. The van der Waals surface area contributed by atoms with Gasteiger partial charge in [0, 0.05) is 6.54 Å². The highest BCUT2D eigenvalue weighted by molar-refractivity contribution is 5.18. The molecule has 0 saturated carbocycles. The number of aliphatic hydroxyl groups excluding tert-OH is 1. The third kappa shape index (κ3) is 3.07. The van der Waals surface area contributed by atoms with Crippen LogP contribution in [-0.2, 0) is 6.54 Å². The summed E-state index contributed by atoms with van der Waals surface area (Å²) in [5.41, 5.74) is 0.857. The summed E-state index contributed by atoms with van der Waals surface area (Å²) in [7, 11) is 0. The third-order valence-corrected chi connectivity index (χ3v) is 2.53. The zero-order valence-corrected chi connectivity index (χ0v) is 9.78. The van der Waals surface area contributed by atoms with Crippen molar-refractivity contribution in [3.05, 3.63) is 48.3 Å². The maximum atomic E-state index is 9.89. The molecule has 0 bridgehead atoms. The van der Waals surface area contributed by atoms with Gasteiger partial charge in [-0.25, -0.2) is 0 Å². The molecule has 90 valence electrons. The summed E-state index contributed by atoms with van der Waals surface area (Å²) in [6, 6.07) is 9.47. The highest BCUT2D eigenvalue weighted by Crippen LogP contribution is 2.15. The van der Waals surface area contributed by atoms with E-state index in [4.69, 9.17) is 4.74 Å². The van der Waals surface area contributed by atoms with Gasteiger partial charge in [-0.2, -0.15) is 5.10 Å². The maximum absolute atomic E-state index is 9.89. The lowest BCUT2D eigenvalue weighted by atomic mass is 10.1. The van der Waals surface area contributed by atoms with Crippen molar-refractivity contribution in [3.63, 3.8) is 0 Å². The van der Waals surface area contributed by atoms with Gasteiger partial charge in [0.2, 0.25) is 0 Å².